The number of H-pyrrole nitrogens is 1. The van der Waals surface area contributed by atoms with Crippen molar-refractivity contribution in [1.29, 1.82) is 5.41 Å². The average Bonchev–Trinajstić information content (AvgIpc) is 3.14. The molecular formula is C15H18N6O. The van der Waals surface area contributed by atoms with Crippen molar-refractivity contribution in [3.05, 3.63) is 30.1 Å². The van der Waals surface area contributed by atoms with Gasteiger partial charge in [-0.1, -0.05) is 0 Å². The summed E-state index contributed by atoms with van der Waals surface area (Å²) in [7, 11) is 0. The first kappa shape index (κ1) is 13.1. The van der Waals surface area contributed by atoms with E-state index in [1.165, 1.54) is 0 Å². The van der Waals surface area contributed by atoms with Crippen LogP contribution in [0.5, 0.6) is 0 Å². The Bertz CT molecular complexity index is 743. The molecule has 114 valence electrons. The molecule has 2 fully saturated rings. The zero-order valence-electron chi connectivity index (χ0n) is 12.1. The normalized spacial score (nSPS) is 20.2. The Hall–Kier alpha value is -2.57. The minimum atomic E-state index is -0.0588. The quantitative estimate of drug-likeness (QED) is 0.622. The van der Waals surface area contributed by atoms with Crippen LogP contribution in [-0.2, 0) is 0 Å². The minimum absolute atomic E-state index is 0.0338. The second-order valence-electron chi connectivity index (χ2n) is 6.07. The molecule has 4 rings (SSSR count). The van der Waals surface area contributed by atoms with Crippen LogP contribution < -0.4 is 10.6 Å². The first-order valence-electron chi connectivity index (χ1n) is 7.48. The molecule has 2 saturated heterocycles. The van der Waals surface area contributed by atoms with Crippen molar-refractivity contribution in [2.75, 3.05) is 19.6 Å². The predicted octanol–water partition coefficient (Wildman–Crippen LogP) is 0.665. The van der Waals surface area contributed by atoms with Crippen LogP contribution in [0.4, 0.5) is 0 Å². The molecule has 2 aromatic rings. The molecule has 22 heavy (non-hydrogen) atoms. The van der Waals surface area contributed by atoms with Gasteiger partial charge in [-0.15, -0.1) is 0 Å². The molecule has 0 aliphatic carbocycles. The first-order chi connectivity index (χ1) is 10.7. The lowest BCUT2D eigenvalue weighted by atomic mass is 9.88. The molecule has 2 aliphatic heterocycles. The van der Waals surface area contributed by atoms with Gasteiger partial charge in [0, 0.05) is 37.4 Å². The lowest BCUT2D eigenvalue weighted by Gasteiger charge is -2.38. The van der Waals surface area contributed by atoms with Gasteiger partial charge in [-0.3, -0.25) is 10.2 Å². The Morgan fingerprint density at radius 2 is 2.18 bits per heavy atom. The molecule has 0 atom stereocenters. The van der Waals surface area contributed by atoms with Crippen molar-refractivity contribution < 1.29 is 4.79 Å². The molecule has 1 amide bonds. The molecule has 1 spiro atoms. The summed E-state index contributed by atoms with van der Waals surface area (Å²) in [5.41, 5.74) is 1.37. The van der Waals surface area contributed by atoms with E-state index in [9.17, 15) is 4.79 Å². The Balaban J connectivity index is 1.48. The van der Waals surface area contributed by atoms with E-state index in [1.807, 2.05) is 23.2 Å². The van der Waals surface area contributed by atoms with Crippen LogP contribution in [-0.4, -0.2) is 51.9 Å². The number of piperidine rings is 1. The highest BCUT2D eigenvalue weighted by molar-refractivity contribution is 5.97. The maximum atomic E-state index is 12.6. The molecule has 2 aliphatic rings. The van der Waals surface area contributed by atoms with E-state index in [4.69, 9.17) is 5.41 Å². The van der Waals surface area contributed by atoms with Crippen LogP contribution in [0, 0.1) is 5.41 Å². The lowest BCUT2D eigenvalue weighted by Crippen LogP contribution is -2.53. The van der Waals surface area contributed by atoms with Crippen molar-refractivity contribution in [2.45, 2.75) is 18.4 Å². The number of amides is 1. The van der Waals surface area contributed by atoms with Crippen molar-refractivity contribution >= 4 is 22.9 Å². The summed E-state index contributed by atoms with van der Waals surface area (Å²) < 4.78 is 0. The highest BCUT2D eigenvalue weighted by Crippen LogP contribution is 2.25. The number of pyridine rings is 1. The standard InChI is InChI=1S/C15H18N6O/c16-14-19-9-15(20-14)2-5-21(6-3-15)13(22)11-7-10-1-4-17-12(10)18-8-11/h1,4,7-8H,2-3,5-6,9H2,(H,17,18)(H3,16,19,20). The Kier molecular flexibility index (Phi) is 2.82. The zero-order valence-corrected chi connectivity index (χ0v) is 12.1. The van der Waals surface area contributed by atoms with E-state index in [2.05, 4.69) is 20.6 Å². The third-order valence-electron chi connectivity index (χ3n) is 4.65. The summed E-state index contributed by atoms with van der Waals surface area (Å²) in [6.07, 6.45) is 5.17. The number of hydrogen-bond donors (Lipinski definition) is 4. The van der Waals surface area contributed by atoms with Crippen molar-refractivity contribution in [2.24, 2.45) is 0 Å². The summed E-state index contributed by atoms with van der Waals surface area (Å²) >= 11 is 0. The van der Waals surface area contributed by atoms with E-state index in [0.29, 0.717) is 24.6 Å². The number of likely N-dealkylation sites (tertiary alicyclic amines) is 1. The van der Waals surface area contributed by atoms with Gasteiger partial charge in [0.05, 0.1) is 11.1 Å². The third-order valence-corrected chi connectivity index (χ3v) is 4.65. The molecule has 0 aromatic carbocycles. The fourth-order valence-electron chi connectivity index (χ4n) is 3.29. The van der Waals surface area contributed by atoms with Gasteiger partial charge in [-0.2, -0.15) is 0 Å². The van der Waals surface area contributed by atoms with Gasteiger partial charge in [0.2, 0.25) is 0 Å². The van der Waals surface area contributed by atoms with Crippen LogP contribution in [0.15, 0.2) is 24.5 Å². The molecule has 0 bridgehead atoms. The fourth-order valence-corrected chi connectivity index (χ4v) is 3.29. The van der Waals surface area contributed by atoms with Crippen LogP contribution >= 0.6 is 0 Å². The molecule has 7 nitrogen and oxygen atoms in total. The van der Waals surface area contributed by atoms with Crippen LogP contribution in [0.25, 0.3) is 11.0 Å². The molecule has 0 saturated carbocycles. The number of aromatic amines is 1. The van der Waals surface area contributed by atoms with E-state index < -0.39 is 0 Å². The van der Waals surface area contributed by atoms with Crippen molar-refractivity contribution in [3.63, 3.8) is 0 Å². The number of carbonyl (C=O) groups is 1. The van der Waals surface area contributed by atoms with E-state index in [0.717, 1.165) is 30.4 Å². The summed E-state index contributed by atoms with van der Waals surface area (Å²) in [6, 6.07) is 3.81. The Morgan fingerprint density at radius 1 is 1.36 bits per heavy atom. The van der Waals surface area contributed by atoms with Gasteiger partial charge in [-0.05, 0) is 25.0 Å². The summed E-state index contributed by atoms with van der Waals surface area (Å²) in [4.78, 5) is 21.8. The van der Waals surface area contributed by atoms with E-state index in [1.54, 1.807) is 6.20 Å². The first-order valence-corrected chi connectivity index (χ1v) is 7.48. The van der Waals surface area contributed by atoms with Gasteiger partial charge in [0.1, 0.15) is 5.65 Å². The highest BCUT2D eigenvalue weighted by Gasteiger charge is 2.40. The van der Waals surface area contributed by atoms with E-state index in [-0.39, 0.29) is 11.4 Å². The Labute approximate surface area is 127 Å². The maximum Gasteiger partial charge on any atom is 0.255 e. The largest absolute Gasteiger partial charge is 0.354 e. The lowest BCUT2D eigenvalue weighted by molar-refractivity contribution is 0.0669. The molecule has 7 heteroatoms. The second-order valence-corrected chi connectivity index (χ2v) is 6.07. The maximum absolute atomic E-state index is 12.6. The summed E-state index contributed by atoms with van der Waals surface area (Å²) in [5, 5.41) is 14.8. The van der Waals surface area contributed by atoms with Gasteiger partial charge < -0.3 is 20.5 Å². The Morgan fingerprint density at radius 3 is 2.91 bits per heavy atom. The minimum Gasteiger partial charge on any atom is -0.354 e. The van der Waals surface area contributed by atoms with Gasteiger partial charge >= 0.3 is 0 Å². The number of carbonyl (C=O) groups excluding carboxylic acids is 1. The molecule has 4 N–H and O–H groups in total. The highest BCUT2D eigenvalue weighted by atomic mass is 16.2. The zero-order chi connectivity index (χ0) is 15.2. The number of guanidine groups is 1. The van der Waals surface area contributed by atoms with Crippen LogP contribution in [0.3, 0.4) is 0 Å². The van der Waals surface area contributed by atoms with Gasteiger partial charge in [0.15, 0.2) is 5.96 Å². The molecule has 0 unspecified atom stereocenters. The molecule has 2 aromatic heterocycles. The van der Waals surface area contributed by atoms with Crippen LogP contribution in [0.1, 0.15) is 23.2 Å². The summed E-state index contributed by atoms with van der Waals surface area (Å²) in [5.74, 6) is 0.424. The predicted molar refractivity (Wildman–Crippen MR) is 82.8 cm³/mol. The van der Waals surface area contributed by atoms with Gasteiger partial charge in [-0.25, -0.2) is 4.98 Å². The van der Waals surface area contributed by atoms with Gasteiger partial charge in [0.25, 0.3) is 5.91 Å². The number of nitrogens with one attached hydrogen (secondary N) is 4. The smallest absolute Gasteiger partial charge is 0.255 e. The van der Waals surface area contributed by atoms with Crippen molar-refractivity contribution in [1.82, 2.24) is 25.5 Å². The SMILES string of the molecule is N=C1NCC2(CCN(C(=O)c3cnc4[nH]ccc4c3)CC2)N1. The number of rotatable bonds is 1. The average molecular weight is 298 g/mol. The van der Waals surface area contributed by atoms with Crippen molar-refractivity contribution in [3.8, 4) is 0 Å². The molecule has 4 heterocycles. The summed E-state index contributed by atoms with van der Waals surface area (Å²) in [6.45, 7) is 2.17. The third kappa shape index (κ3) is 2.09. The number of hydrogen-bond acceptors (Lipinski definition) is 3. The number of nitrogens with zero attached hydrogens (tertiary/aromatic N) is 2. The molecular weight excluding hydrogens is 280 g/mol. The van der Waals surface area contributed by atoms with E-state index >= 15 is 0 Å². The number of fused-ring (bicyclic) bond motifs is 1. The molecule has 0 radical (unpaired) electrons. The van der Waals surface area contributed by atoms with Crippen LogP contribution in [0.2, 0.25) is 0 Å². The topological polar surface area (TPSA) is 96.9 Å². The fraction of sp³-hybridized carbons (Fsp3) is 0.400. The number of aromatic nitrogens is 2. The second kappa shape index (κ2) is 4.72. The monoisotopic (exact) mass is 298 g/mol.